The molecule has 0 aliphatic carbocycles. The zero-order valence-electron chi connectivity index (χ0n) is 7.07. The quantitative estimate of drug-likeness (QED) is 0.448. The van der Waals surface area contributed by atoms with Crippen molar-refractivity contribution in [3.05, 3.63) is 0 Å². The molecule has 0 radical (unpaired) electrons. The summed E-state index contributed by atoms with van der Waals surface area (Å²) in [6.07, 6.45) is 2.85. The van der Waals surface area contributed by atoms with Crippen LogP contribution in [-0.4, -0.2) is 31.8 Å². The molecule has 0 spiro atoms. The van der Waals surface area contributed by atoms with E-state index in [9.17, 15) is 17.3 Å². The van der Waals surface area contributed by atoms with Gasteiger partial charge in [0.25, 0.3) is 0 Å². The number of likely N-dealkylation sites (tertiary alicyclic amines) is 1. The summed E-state index contributed by atoms with van der Waals surface area (Å²) in [6, 6.07) is 0. The third-order valence-corrected chi connectivity index (χ3v) is 1.65. The second kappa shape index (κ2) is 5.40. The van der Waals surface area contributed by atoms with Crippen LogP contribution in [0.2, 0.25) is 0 Å². The minimum Gasteiger partial charge on any atom is -0.418 e. The highest BCUT2D eigenvalue weighted by Gasteiger charge is 2.20. The molecule has 1 rings (SSSR count). The molecule has 0 atom stereocenters. The molecule has 0 bridgehead atoms. The summed E-state index contributed by atoms with van der Waals surface area (Å²) in [5, 5.41) is 0. The minimum absolute atomic E-state index is 1.25. The van der Waals surface area contributed by atoms with Crippen LogP contribution < -0.4 is 0 Å². The van der Waals surface area contributed by atoms with Crippen LogP contribution in [0.3, 0.4) is 0 Å². The predicted octanol–water partition coefficient (Wildman–Crippen LogP) is 2.40. The van der Waals surface area contributed by atoms with Gasteiger partial charge in [-0.2, -0.15) is 0 Å². The summed E-state index contributed by atoms with van der Waals surface area (Å²) < 4.78 is 39.0. The number of halogens is 4. The Hall–Kier alpha value is -0.255. The largest absolute Gasteiger partial charge is 0.673 e. The number of hydrogen-bond donors (Lipinski definition) is 0. The Kier molecular flexibility index (Phi) is 5.29. The van der Waals surface area contributed by atoms with Gasteiger partial charge in [0.15, 0.2) is 0 Å². The second-order valence-electron chi connectivity index (χ2n) is 2.64. The number of rotatable bonds is 1. The van der Waals surface area contributed by atoms with Gasteiger partial charge in [0.05, 0.1) is 0 Å². The van der Waals surface area contributed by atoms with Crippen molar-refractivity contribution < 1.29 is 17.3 Å². The third kappa shape index (κ3) is 9.74. The molecule has 6 heteroatoms. The maximum Gasteiger partial charge on any atom is 0.673 e. The van der Waals surface area contributed by atoms with E-state index < -0.39 is 7.25 Å². The fraction of sp³-hybridized carbons (Fsp3) is 1.00. The fourth-order valence-electron chi connectivity index (χ4n) is 1.10. The Morgan fingerprint density at radius 2 is 1.42 bits per heavy atom. The van der Waals surface area contributed by atoms with E-state index in [1.807, 2.05) is 0 Å². The summed E-state index contributed by atoms with van der Waals surface area (Å²) >= 11 is 0. The van der Waals surface area contributed by atoms with Gasteiger partial charge in [0.1, 0.15) is 0 Å². The van der Waals surface area contributed by atoms with Crippen LogP contribution in [0.4, 0.5) is 17.3 Å². The van der Waals surface area contributed by atoms with Crippen LogP contribution in [0.1, 0.15) is 19.8 Å². The monoisotopic (exact) mass is 186 g/mol. The molecule has 0 aromatic carbocycles. The summed E-state index contributed by atoms with van der Waals surface area (Å²) in [4.78, 5) is 2.49. The molecular formula is C6H13BF4N-. The van der Waals surface area contributed by atoms with Crippen molar-refractivity contribution in [1.82, 2.24) is 4.90 Å². The van der Waals surface area contributed by atoms with Gasteiger partial charge in [-0.1, -0.05) is 6.92 Å². The van der Waals surface area contributed by atoms with Crippen LogP contribution >= 0.6 is 0 Å². The van der Waals surface area contributed by atoms with Crippen LogP contribution in [-0.2, 0) is 0 Å². The van der Waals surface area contributed by atoms with E-state index in [4.69, 9.17) is 0 Å². The smallest absolute Gasteiger partial charge is 0.418 e. The first kappa shape index (κ1) is 11.7. The van der Waals surface area contributed by atoms with E-state index in [1.54, 1.807) is 0 Å². The molecule has 1 aliphatic heterocycles. The maximum absolute atomic E-state index is 9.75. The van der Waals surface area contributed by atoms with E-state index in [0.29, 0.717) is 0 Å². The third-order valence-electron chi connectivity index (χ3n) is 1.65. The van der Waals surface area contributed by atoms with Crippen molar-refractivity contribution in [1.29, 1.82) is 0 Å². The van der Waals surface area contributed by atoms with E-state index in [0.717, 1.165) is 0 Å². The minimum atomic E-state index is -6.00. The number of nitrogens with zero attached hydrogens (tertiary/aromatic N) is 1. The van der Waals surface area contributed by atoms with E-state index >= 15 is 0 Å². The molecule has 0 saturated carbocycles. The molecule has 12 heavy (non-hydrogen) atoms. The molecule has 0 aromatic heterocycles. The zero-order valence-corrected chi connectivity index (χ0v) is 7.07. The summed E-state index contributed by atoms with van der Waals surface area (Å²) in [5.41, 5.74) is 0. The first-order valence-electron chi connectivity index (χ1n) is 4.03. The molecule has 1 fully saturated rings. The van der Waals surface area contributed by atoms with Gasteiger partial charge in [-0.3, -0.25) is 0 Å². The topological polar surface area (TPSA) is 3.24 Å². The zero-order chi connectivity index (χ0) is 9.61. The Balaban J connectivity index is 0.000000217. The molecule has 1 nitrogen and oxygen atoms in total. The van der Waals surface area contributed by atoms with E-state index in [2.05, 4.69) is 11.8 Å². The first-order chi connectivity index (χ1) is 5.43. The van der Waals surface area contributed by atoms with Gasteiger partial charge < -0.3 is 22.2 Å². The summed E-state index contributed by atoms with van der Waals surface area (Å²) in [6.45, 7) is 6.16. The molecule has 1 heterocycles. The second-order valence-corrected chi connectivity index (χ2v) is 2.64. The lowest BCUT2D eigenvalue weighted by atomic mass is 10.3. The number of hydrogen-bond acceptors (Lipinski definition) is 1. The molecule has 1 saturated heterocycles. The lowest BCUT2D eigenvalue weighted by Gasteiger charge is -2.08. The average Bonchev–Trinajstić information content (AvgIpc) is 2.33. The highest BCUT2D eigenvalue weighted by atomic mass is 19.5. The van der Waals surface area contributed by atoms with Gasteiger partial charge in [0.2, 0.25) is 0 Å². The SMILES string of the molecule is CCN1CCCC1.F[B-](F)(F)F. The lowest BCUT2D eigenvalue weighted by Crippen LogP contribution is -2.17. The Labute approximate surface area is 69.8 Å². The highest BCUT2D eigenvalue weighted by Crippen LogP contribution is 2.06. The van der Waals surface area contributed by atoms with Gasteiger partial charge >= 0.3 is 7.25 Å². The fourth-order valence-corrected chi connectivity index (χ4v) is 1.10. The Morgan fingerprint density at radius 1 is 1.08 bits per heavy atom. The standard InChI is InChI=1S/C6H13N.BF4/c1-2-7-5-3-4-6-7;2-1(3,4)5/h2-6H2,1H3;/q;-1. The highest BCUT2D eigenvalue weighted by molar-refractivity contribution is 6.50. The normalized spacial score (nSPS) is 18.8. The van der Waals surface area contributed by atoms with Crippen molar-refractivity contribution in [2.24, 2.45) is 0 Å². The van der Waals surface area contributed by atoms with Crippen LogP contribution in [0, 0.1) is 0 Å². The van der Waals surface area contributed by atoms with Gasteiger partial charge in [-0.15, -0.1) is 0 Å². The maximum atomic E-state index is 9.75. The first-order valence-corrected chi connectivity index (χ1v) is 4.03. The van der Waals surface area contributed by atoms with Crippen LogP contribution in [0.25, 0.3) is 0 Å². The van der Waals surface area contributed by atoms with Crippen molar-refractivity contribution in [3.63, 3.8) is 0 Å². The molecule has 0 aromatic rings. The van der Waals surface area contributed by atoms with Crippen molar-refractivity contribution in [3.8, 4) is 0 Å². The van der Waals surface area contributed by atoms with Crippen LogP contribution in [0.5, 0.6) is 0 Å². The molecule has 74 valence electrons. The predicted molar refractivity (Wildman–Crippen MR) is 41.5 cm³/mol. The van der Waals surface area contributed by atoms with Crippen molar-refractivity contribution >= 4 is 7.25 Å². The van der Waals surface area contributed by atoms with Crippen molar-refractivity contribution in [2.75, 3.05) is 19.6 Å². The van der Waals surface area contributed by atoms with Gasteiger partial charge in [0, 0.05) is 0 Å². The molecule has 0 amide bonds. The van der Waals surface area contributed by atoms with Gasteiger partial charge in [-0.05, 0) is 32.5 Å². The summed E-state index contributed by atoms with van der Waals surface area (Å²) in [7, 11) is -6.00. The van der Waals surface area contributed by atoms with Crippen molar-refractivity contribution in [2.45, 2.75) is 19.8 Å². The van der Waals surface area contributed by atoms with Crippen LogP contribution in [0.15, 0.2) is 0 Å². The van der Waals surface area contributed by atoms with Gasteiger partial charge in [-0.25, -0.2) is 0 Å². The molecule has 0 unspecified atom stereocenters. The summed E-state index contributed by atoms with van der Waals surface area (Å²) in [5.74, 6) is 0. The van der Waals surface area contributed by atoms with E-state index in [1.165, 1.54) is 32.5 Å². The van der Waals surface area contributed by atoms with E-state index in [-0.39, 0.29) is 0 Å². The Bertz CT molecular complexity index is 105. The average molecular weight is 186 g/mol. The molecule has 1 aliphatic rings. The molecule has 0 N–H and O–H groups in total. The molecular weight excluding hydrogens is 173 g/mol. The lowest BCUT2D eigenvalue weighted by molar-refractivity contribution is 0.359. The Morgan fingerprint density at radius 3 is 1.58 bits per heavy atom.